The number of carbonyl (C=O) groups is 1. The maximum absolute atomic E-state index is 12.5. The van der Waals surface area contributed by atoms with Gasteiger partial charge in [0.2, 0.25) is 0 Å². The minimum Gasteiger partial charge on any atom is -0.508 e. The van der Waals surface area contributed by atoms with E-state index in [0.717, 1.165) is 22.4 Å². The number of hydrogen-bond donors (Lipinski definition) is 7. The number of imidazole rings is 1. The van der Waals surface area contributed by atoms with Crippen LogP contribution < -0.4 is 21.1 Å². The van der Waals surface area contributed by atoms with E-state index >= 15 is 0 Å². The van der Waals surface area contributed by atoms with Crippen LogP contribution in [0.5, 0.6) is 11.5 Å². The molecule has 228 valence electrons. The summed E-state index contributed by atoms with van der Waals surface area (Å²) < 4.78 is 5.45. The number of aromatic nitrogens is 3. The maximum atomic E-state index is 12.5. The number of pyridine rings is 1. The molecule has 0 aliphatic rings. The number of primary amides is 1. The average molecular weight is 597 g/mol. The number of aliphatic hydroxyl groups is 2. The lowest BCUT2D eigenvalue weighted by Crippen LogP contribution is -2.32. The van der Waals surface area contributed by atoms with E-state index in [9.17, 15) is 15.0 Å². The summed E-state index contributed by atoms with van der Waals surface area (Å²) >= 11 is 0. The van der Waals surface area contributed by atoms with Gasteiger partial charge in [0, 0.05) is 30.0 Å². The molecule has 0 fully saturated rings. The van der Waals surface area contributed by atoms with Gasteiger partial charge in [-0.25, -0.2) is 9.97 Å². The number of benzene rings is 3. The van der Waals surface area contributed by atoms with Crippen LogP contribution in [0.25, 0.3) is 22.6 Å². The van der Waals surface area contributed by atoms with Crippen LogP contribution in [0.1, 0.15) is 47.0 Å². The number of nitrogens with zero attached hydrogens (tertiary/aromatic N) is 2. The van der Waals surface area contributed by atoms with E-state index in [1.165, 1.54) is 6.20 Å². The molecule has 0 unspecified atom stereocenters. The maximum Gasteiger partial charge on any atom is 0.252 e. The summed E-state index contributed by atoms with van der Waals surface area (Å²) in [4.78, 5) is 24.9. The van der Waals surface area contributed by atoms with Gasteiger partial charge >= 0.3 is 0 Å². The van der Waals surface area contributed by atoms with Crippen LogP contribution in [0, 0.1) is 0 Å². The fourth-order valence-corrected chi connectivity index (χ4v) is 5.09. The van der Waals surface area contributed by atoms with Gasteiger partial charge in [0.25, 0.3) is 5.91 Å². The molecule has 2 aromatic heterocycles. The van der Waals surface area contributed by atoms with Crippen LogP contribution in [-0.2, 0) is 13.0 Å². The zero-order valence-corrected chi connectivity index (χ0v) is 24.5. The second-order valence-corrected chi connectivity index (χ2v) is 10.4. The van der Waals surface area contributed by atoms with Crippen molar-refractivity contribution in [2.45, 2.75) is 39.0 Å². The van der Waals surface area contributed by atoms with E-state index in [1.54, 1.807) is 36.4 Å². The second-order valence-electron chi connectivity index (χ2n) is 10.4. The summed E-state index contributed by atoms with van der Waals surface area (Å²) in [6, 6.07) is 19.4. The zero-order chi connectivity index (χ0) is 31.2. The molecular weight excluding hydrogens is 560 g/mol. The normalized spacial score (nSPS) is 12.6. The van der Waals surface area contributed by atoms with E-state index < -0.39 is 12.0 Å². The SMILES string of the molecule is CCc1c(CN[C@H](C)[C@H](O)c2ccc(O)cc2)cccc1Nc1c(C(N)=O)cnc2[nH]c(-c3ccc(OCCO)cc3)nc12. The third kappa shape index (κ3) is 6.65. The summed E-state index contributed by atoms with van der Waals surface area (Å²) in [6.45, 7) is 4.58. The Hall–Kier alpha value is -4.97. The summed E-state index contributed by atoms with van der Waals surface area (Å²) in [5.41, 5.74) is 11.7. The highest BCUT2D eigenvalue weighted by Gasteiger charge is 2.20. The smallest absolute Gasteiger partial charge is 0.252 e. The van der Waals surface area contributed by atoms with Crippen molar-refractivity contribution in [3.05, 3.63) is 95.2 Å². The number of rotatable bonds is 13. The van der Waals surface area contributed by atoms with Gasteiger partial charge < -0.3 is 41.4 Å². The number of H-pyrrole nitrogens is 1. The molecule has 0 radical (unpaired) electrons. The lowest BCUT2D eigenvalue weighted by Gasteiger charge is -2.22. The largest absolute Gasteiger partial charge is 0.508 e. The molecule has 0 aliphatic heterocycles. The Balaban J connectivity index is 1.42. The molecule has 5 rings (SSSR count). The lowest BCUT2D eigenvalue weighted by atomic mass is 10.00. The molecule has 0 spiro atoms. The number of nitrogens with two attached hydrogens (primary N) is 1. The third-order valence-electron chi connectivity index (χ3n) is 7.48. The Morgan fingerprint density at radius 3 is 2.52 bits per heavy atom. The first-order chi connectivity index (χ1) is 21.3. The molecule has 8 N–H and O–H groups in total. The molecule has 11 heteroatoms. The van der Waals surface area contributed by atoms with Crippen molar-refractivity contribution in [2.24, 2.45) is 5.73 Å². The van der Waals surface area contributed by atoms with Gasteiger partial charge in [0.05, 0.1) is 24.0 Å². The number of anilines is 2. The number of fused-ring (bicyclic) bond motifs is 1. The molecule has 3 aromatic carbocycles. The van der Waals surface area contributed by atoms with E-state index in [4.69, 9.17) is 20.6 Å². The van der Waals surface area contributed by atoms with Crippen molar-refractivity contribution >= 4 is 28.4 Å². The van der Waals surface area contributed by atoms with Crippen molar-refractivity contribution in [1.82, 2.24) is 20.3 Å². The fraction of sp³-hybridized carbons (Fsp3) is 0.242. The number of carbonyl (C=O) groups excluding carboxylic acids is 1. The standard InChI is InChI=1S/C33H36N6O5/c1-3-25-22(17-35-19(2)30(42)20-7-11-23(41)12-8-20)5-4-6-27(25)37-28-26(31(34)43)18-36-33-29(28)38-32(39-33)21-9-13-24(14-10-21)44-16-15-40/h4-14,18-19,30,35,40-42H,3,15-17H2,1-2H3,(H2,34,43)(H2,36,37,38,39)/t19-,30+/m1/s1. The number of aromatic amines is 1. The van der Waals surface area contributed by atoms with Gasteiger partial charge in [-0.3, -0.25) is 4.79 Å². The van der Waals surface area contributed by atoms with E-state index in [2.05, 4.69) is 27.5 Å². The lowest BCUT2D eigenvalue weighted by molar-refractivity contribution is 0.100. The topological polar surface area (TPSA) is 179 Å². The van der Waals surface area contributed by atoms with Crippen LogP contribution in [-0.4, -0.2) is 55.4 Å². The molecule has 5 aromatic rings. The first-order valence-electron chi connectivity index (χ1n) is 14.4. The summed E-state index contributed by atoms with van der Waals surface area (Å²) in [5, 5.41) is 36.2. The van der Waals surface area contributed by atoms with Crippen molar-refractivity contribution in [3.8, 4) is 22.9 Å². The molecule has 0 bridgehead atoms. The van der Waals surface area contributed by atoms with Crippen molar-refractivity contribution in [2.75, 3.05) is 18.5 Å². The molecular formula is C33H36N6O5. The van der Waals surface area contributed by atoms with E-state index in [1.807, 2.05) is 37.3 Å². The molecule has 1 amide bonds. The Morgan fingerprint density at radius 2 is 1.84 bits per heavy atom. The molecule has 44 heavy (non-hydrogen) atoms. The quantitative estimate of drug-likeness (QED) is 0.104. The van der Waals surface area contributed by atoms with Crippen molar-refractivity contribution in [3.63, 3.8) is 0 Å². The average Bonchev–Trinajstić information content (AvgIpc) is 3.48. The number of phenols is 1. The van der Waals surface area contributed by atoms with Gasteiger partial charge in [-0.2, -0.15) is 0 Å². The third-order valence-corrected chi connectivity index (χ3v) is 7.48. The minimum absolute atomic E-state index is 0.0720. The highest BCUT2D eigenvalue weighted by molar-refractivity contribution is 6.06. The predicted molar refractivity (Wildman–Crippen MR) is 169 cm³/mol. The van der Waals surface area contributed by atoms with Gasteiger partial charge in [-0.1, -0.05) is 31.2 Å². The number of nitrogens with one attached hydrogen (secondary N) is 3. The first-order valence-corrected chi connectivity index (χ1v) is 14.4. The van der Waals surface area contributed by atoms with Gasteiger partial charge in [-0.05, 0) is 72.5 Å². The molecule has 0 saturated carbocycles. The van der Waals surface area contributed by atoms with E-state index in [0.29, 0.717) is 47.0 Å². The Bertz CT molecular complexity index is 1740. The fourth-order valence-electron chi connectivity index (χ4n) is 5.09. The van der Waals surface area contributed by atoms with Crippen molar-refractivity contribution < 1.29 is 24.9 Å². The number of hydrogen-bond acceptors (Lipinski definition) is 9. The van der Waals surface area contributed by atoms with Crippen LogP contribution in [0.4, 0.5) is 11.4 Å². The molecule has 2 atom stereocenters. The minimum atomic E-state index is -0.761. The summed E-state index contributed by atoms with van der Waals surface area (Å²) in [7, 11) is 0. The Morgan fingerprint density at radius 1 is 1.09 bits per heavy atom. The van der Waals surface area contributed by atoms with Gasteiger partial charge in [0.1, 0.15) is 29.4 Å². The second kappa shape index (κ2) is 13.6. The molecule has 0 aliphatic carbocycles. The van der Waals surface area contributed by atoms with Crippen LogP contribution in [0.15, 0.2) is 72.9 Å². The van der Waals surface area contributed by atoms with Crippen LogP contribution in [0.3, 0.4) is 0 Å². The number of aliphatic hydroxyl groups excluding tert-OH is 2. The zero-order valence-electron chi connectivity index (χ0n) is 24.5. The highest BCUT2D eigenvalue weighted by Crippen LogP contribution is 2.33. The molecule has 11 nitrogen and oxygen atoms in total. The first kappa shape index (κ1) is 30.5. The number of aromatic hydroxyl groups is 1. The van der Waals surface area contributed by atoms with Gasteiger partial charge in [-0.15, -0.1) is 0 Å². The van der Waals surface area contributed by atoms with Crippen LogP contribution in [0.2, 0.25) is 0 Å². The summed E-state index contributed by atoms with van der Waals surface area (Å²) in [6.07, 6.45) is 1.37. The molecule has 2 heterocycles. The molecule has 0 saturated heterocycles. The Kier molecular flexibility index (Phi) is 9.39. The van der Waals surface area contributed by atoms with E-state index in [-0.39, 0.29) is 30.6 Å². The Labute approximate surface area is 254 Å². The highest BCUT2D eigenvalue weighted by atomic mass is 16.5. The monoisotopic (exact) mass is 596 g/mol. The predicted octanol–water partition coefficient (Wildman–Crippen LogP) is 4.32. The summed E-state index contributed by atoms with van der Waals surface area (Å²) in [5.74, 6) is 0.696. The number of ether oxygens (including phenoxy) is 1. The van der Waals surface area contributed by atoms with Crippen LogP contribution >= 0.6 is 0 Å². The number of amides is 1. The van der Waals surface area contributed by atoms with Gasteiger partial charge in [0.15, 0.2) is 5.65 Å². The van der Waals surface area contributed by atoms with Crippen molar-refractivity contribution in [1.29, 1.82) is 0 Å². The number of phenolic OH excluding ortho intramolecular Hbond substituents is 1.